The second-order valence-electron chi connectivity index (χ2n) is 5.32. The SMILES string of the molecule is CO[C@@]1(C)O[C@@H]2[C@@H](O)[C@@H](O)[C@@H](O)C[C@H]2O[C@]1(C)OC. The summed E-state index contributed by atoms with van der Waals surface area (Å²) in [4.78, 5) is 0. The average Bonchev–Trinajstić information content (AvgIpc) is 2.39. The van der Waals surface area contributed by atoms with Gasteiger partial charge in [-0.3, -0.25) is 0 Å². The van der Waals surface area contributed by atoms with Crippen LogP contribution in [0.4, 0.5) is 0 Å². The molecule has 3 N–H and O–H groups in total. The first-order valence-corrected chi connectivity index (χ1v) is 6.28. The van der Waals surface area contributed by atoms with E-state index in [0.29, 0.717) is 0 Å². The van der Waals surface area contributed by atoms with Crippen LogP contribution in [0.15, 0.2) is 0 Å². The van der Waals surface area contributed by atoms with Gasteiger partial charge in [-0.05, 0) is 13.8 Å². The Balaban J connectivity index is 2.28. The van der Waals surface area contributed by atoms with Crippen LogP contribution in [-0.4, -0.2) is 71.6 Å². The van der Waals surface area contributed by atoms with E-state index < -0.39 is 42.1 Å². The summed E-state index contributed by atoms with van der Waals surface area (Å²) in [6, 6.07) is 0. The van der Waals surface area contributed by atoms with Crippen LogP contribution in [0.1, 0.15) is 20.3 Å². The standard InChI is InChI=1S/C12H22O7/c1-11(16-3)12(2,17-4)19-10-7(18-11)5-6(13)8(14)9(10)15/h6-10,13-15H,5H2,1-4H3/t6-,7+,8-,9-,10-,11-,12-/m0/s1. The van der Waals surface area contributed by atoms with Crippen molar-refractivity contribution < 1.29 is 34.3 Å². The largest absolute Gasteiger partial charge is 0.390 e. The first-order valence-electron chi connectivity index (χ1n) is 6.28. The summed E-state index contributed by atoms with van der Waals surface area (Å²) in [7, 11) is 2.91. The first kappa shape index (κ1) is 15.1. The number of ether oxygens (including phenoxy) is 4. The van der Waals surface area contributed by atoms with Crippen molar-refractivity contribution in [3.05, 3.63) is 0 Å². The fourth-order valence-electron chi connectivity index (χ4n) is 2.64. The maximum Gasteiger partial charge on any atom is 0.220 e. The van der Waals surface area contributed by atoms with E-state index in [9.17, 15) is 15.3 Å². The van der Waals surface area contributed by atoms with Gasteiger partial charge in [0.2, 0.25) is 11.6 Å². The van der Waals surface area contributed by atoms with Crippen molar-refractivity contribution in [3.8, 4) is 0 Å². The number of aliphatic hydroxyl groups is 3. The number of aliphatic hydroxyl groups excluding tert-OH is 3. The lowest BCUT2D eigenvalue weighted by Crippen LogP contribution is -2.71. The van der Waals surface area contributed by atoms with Crippen LogP contribution >= 0.6 is 0 Å². The molecule has 7 nitrogen and oxygen atoms in total. The highest BCUT2D eigenvalue weighted by Crippen LogP contribution is 2.43. The van der Waals surface area contributed by atoms with Gasteiger partial charge in [0.05, 0.1) is 12.2 Å². The molecule has 1 aliphatic heterocycles. The van der Waals surface area contributed by atoms with Crippen LogP contribution in [0.2, 0.25) is 0 Å². The van der Waals surface area contributed by atoms with Crippen molar-refractivity contribution in [1.82, 2.24) is 0 Å². The number of hydrogen-bond acceptors (Lipinski definition) is 7. The molecule has 0 radical (unpaired) electrons. The summed E-state index contributed by atoms with van der Waals surface area (Å²) in [6.45, 7) is 3.30. The van der Waals surface area contributed by atoms with Crippen LogP contribution in [0.25, 0.3) is 0 Å². The highest BCUT2D eigenvalue weighted by atomic mass is 16.8. The van der Waals surface area contributed by atoms with Crippen LogP contribution in [-0.2, 0) is 18.9 Å². The quantitative estimate of drug-likeness (QED) is 0.595. The normalized spacial score (nSPS) is 54.8. The lowest BCUT2D eigenvalue weighted by Gasteiger charge is -2.55. The summed E-state index contributed by atoms with van der Waals surface area (Å²) < 4.78 is 22.2. The minimum Gasteiger partial charge on any atom is -0.390 e. The Bertz CT molecular complexity index is 338. The van der Waals surface area contributed by atoms with Crippen molar-refractivity contribution in [2.75, 3.05) is 14.2 Å². The smallest absolute Gasteiger partial charge is 0.220 e. The molecule has 7 heteroatoms. The Morgan fingerprint density at radius 2 is 1.47 bits per heavy atom. The fraction of sp³-hybridized carbons (Fsp3) is 1.00. The Hall–Kier alpha value is -0.280. The zero-order chi connectivity index (χ0) is 14.4. The van der Waals surface area contributed by atoms with Crippen LogP contribution < -0.4 is 0 Å². The number of methoxy groups -OCH3 is 2. The van der Waals surface area contributed by atoms with Gasteiger partial charge in [-0.2, -0.15) is 0 Å². The maximum atomic E-state index is 10.0. The summed E-state index contributed by atoms with van der Waals surface area (Å²) in [5, 5.41) is 29.4. The number of fused-ring (bicyclic) bond motifs is 1. The minimum absolute atomic E-state index is 0.154. The lowest BCUT2D eigenvalue weighted by molar-refractivity contribution is -0.462. The predicted octanol–water partition coefficient (Wildman–Crippen LogP) is -1.02. The molecular formula is C12H22O7. The molecule has 0 spiro atoms. The Morgan fingerprint density at radius 3 is 2.00 bits per heavy atom. The summed E-state index contributed by atoms with van der Waals surface area (Å²) in [6.07, 6.45) is -4.79. The van der Waals surface area contributed by atoms with E-state index in [1.54, 1.807) is 13.8 Å². The van der Waals surface area contributed by atoms with Crippen LogP contribution in [0.3, 0.4) is 0 Å². The van der Waals surface area contributed by atoms with Gasteiger partial charge in [0.1, 0.15) is 18.3 Å². The molecule has 0 aromatic rings. The van der Waals surface area contributed by atoms with E-state index >= 15 is 0 Å². The third-order valence-electron chi connectivity index (χ3n) is 4.26. The molecule has 2 fully saturated rings. The molecule has 2 aliphatic rings. The van der Waals surface area contributed by atoms with E-state index in [0.717, 1.165) is 0 Å². The first-order chi connectivity index (χ1) is 8.78. The van der Waals surface area contributed by atoms with E-state index in [1.807, 2.05) is 0 Å². The van der Waals surface area contributed by atoms with Crippen molar-refractivity contribution in [1.29, 1.82) is 0 Å². The predicted molar refractivity (Wildman–Crippen MR) is 63.2 cm³/mol. The lowest BCUT2D eigenvalue weighted by atomic mass is 9.85. The third kappa shape index (κ3) is 2.19. The molecule has 0 aromatic carbocycles. The van der Waals surface area contributed by atoms with Crippen molar-refractivity contribution in [2.24, 2.45) is 0 Å². The van der Waals surface area contributed by atoms with Crippen molar-refractivity contribution in [2.45, 2.75) is 62.4 Å². The molecule has 1 saturated carbocycles. The second-order valence-corrected chi connectivity index (χ2v) is 5.32. The highest BCUT2D eigenvalue weighted by molar-refractivity contribution is 5.01. The second kappa shape index (κ2) is 4.92. The molecule has 0 aromatic heterocycles. The minimum atomic E-state index is -1.27. The third-order valence-corrected chi connectivity index (χ3v) is 4.26. The molecule has 1 heterocycles. The Kier molecular flexibility index (Phi) is 3.92. The van der Waals surface area contributed by atoms with Gasteiger partial charge in [-0.15, -0.1) is 0 Å². The number of rotatable bonds is 2. The monoisotopic (exact) mass is 278 g/mol. The molecule has 7 atom stereocenters. The Labute approximate surface area is 112 Å². The van der Waals surface area contributed by atoms with Gasteiger partial charge in [0, 0.05) is 20.6 Å². The topological polar surface area (TPSA) is 97.6 Å². The molecule has 0 amide bonds. The molecule has 112 valence electrons. The molecular weight excluding hydrogens is 256 g/mol. The fourth-order valence-corrected chi connectivity index (χ4v) is 2.64. The van der Waals surface area contributed by atoms with Gasteiger partial charge < -0.3 is 34.3 Å². The van der Waals surface area contributed by atoms with E-state index in [-0.39, 0.29) is 6.42 Å². The molecule has 1 aliphatic carbocycles. The molecule has 0 bridgehead atoms. The molecule has 2 rings (SSSR count). The van der Waals surface area contributed by atoms with Gasteiger partial charge >= 0.3 is 0 Å². The van der Waals surface area contributed by atoms with Crippen molar-refractivity contribution in [3.63, 3.8) is 0 Å². The molecule has 19 heavy (non-hydrogen) atoms. The van der Waals surface area contributed by atoms with E-state index in [2.05, 4.69) is 0 Å². The highest BCUT2D eigenvalue weighted by Gasteiger charge is 2.60. The number of hydrogen-bond donors (Lipinski definition) is 3. The van der Waals surface area contributed by atoms with Gasteiger partial charge in [-0.25, -0.2) is 0 Å². The van der Waals surface area contributed by atoms with Gasteiger partial charge in [0.15, 0.2) is 0 Å². The average molecular weight is 278 g/mol. The summed E-state index contributed by atoms with van der Waals surface area (Å²) in [5.74, 6) is -2.41. The van der Waals surface area contributed by atoms with Gasteiger partial charge in [0.25, 0.3) is 0 Å². The van der Waals surface area contributed by atoms with Crippen LogP contribution in [0, 0.1) is 0 Å². The van der Waals surface area contributed by atoms with Crippen LogP contribution in [0.5, 0.6) is 0 Å². The molecule has 0 unspecified atom stereocenters. The van der Waals surface area contributed by atoms with E-state index in [4.69, 9.17) is 18.9 Å². The summed E-state index contributed by atoms with van der Waals surface area (Å²) in [5.41, 5.74) is 0. The zero-order valence-corrected chi connectivity index (χ0v) is 11.6. The Morgan fingerprint density at radius 1 is 0.947 bits per heavy atom. The van der Waals surface area contributed by atoms with Crippen molar-refractivity contribution >= 4 is 0 Å². The summed E-state index contributed by atoms with van der Waals surface area (Å²) >= 11 is 0. The van der Waals surface area contributed by atoms with E-state index in [1.165, 1.54) is 14.2 Å². The molecule has 1 saturated heterocycles. The van der Waals surface area contributed by atoms with Gasteiger partial charge in [-0.1, -0.05) is 0 Å². The maximum absolute atomic E-state index is 10.0. The zero-order valence-electron chi connectivity index (χ0n) is 11.6.